The first kappa shape index (κ1) is 4.69. The van der Waals surface area contributed by atoms with Gasteiger partial charge in [-0.2, -0.15) is 0 Å². The molecule has 0 spiro atoms. The van der Waals surface area contributed by atoms with Crippen molar-refractivity contribution in [1.82, 2.24) is 20.6 Å². The molecule has 0 fully saturated rings. The van der Waals surface area contributed by atoms with Crippen molar-refractivity contribution in [2.45, 2.75) is 0 Å². The SMILES string of the molecule is Nc1nnnnc1O. The fourth-order valence-electron chi connectivity index (χ4n) is 0.226. The van der Waals surface area contributed by atoms with Gasteiger partial charge in [-0.05, 0) is 10.4 Å². The molecule has 6 nitrogen and oxygen atoms in total. The van der Waals surface area contributed by atoms with Crippen LogP contribution in [0.25, 0.3) is 0 Å². The van der Waals surface area contributed by atoms with E-state index in [1.807, 2.05) is 0 Å². The second-order valence-electron chi connectivity index (χ2n) is 1.09. The quantitative estimate of drug-likeness (QED) is 0.427. The van der Waals surface area contributed by atoms with Crippen LogP contribution in [-0.2, 0) is 0 Å². The third-order valence-electron chi connectivity index (χ3n) is 0.561. The van der Waals surface area contributed by atoms with E-state index in [0.29, 0.717) is 0 Å². The van der Waals surface area contributed by atoms with E-state index in [1.54, 1.807) is 0 Å². The zero-order valence-corrected chi connectivity index (χ0v) is 3.81. The Balaban J connectivity index is 3.13. The molecule has 1 heterocycles. The molecule has 8 heavy (non-hydrogen) atoms. The molecular weight excluding hydrogens is 110 g/mol. The number of nitrogens with two attached hydrogens (primary N) is 1. The Morgan fingerprint density at radius 3 is 2.25 bits per heavy atom. The van der Waals surface area contributed by atoms with Crippen LogP contribution >= 0.6 is 0 Å². The highest BCUT2D eigenvalue weighted by Gasteiger charge is 1.94. The first-order valence-corrected chi connectivity index (χ1v) is 1.81. The van der Waals surface area contributed by atoms with Crippen LogP contribution in [0.4, 0.5) is 5.82 Å². The monoisotopic (exact) mass is 113 g/mol. The number of hydrogen-bond donors (Lipinski definition) is 2. The molecule has 0 atom stereocenters. The lowest BCUT2D eigenvalue weighted by Crippen LogP contribution is -1.97. The number of aromatic hydroxyl groups is 1. The average molecular weight is 113 g/mol. The Bertz CT molecular complexity index is 167. The summed E-state index contributed by atoms with van der Waals surface area (Å²) in [4.78, 5) is 0. The van der Waals surface area contributed by atoms with Gasteiger partial charge in [0, 0.05) is 0 Å². The predicted octanol–water partition coefficient (Wildman–Crippen LogP) is -1.45. The van der Waals surface area contributed by atoms with Gasteiger partial charge in [0.05, 0.1) is 0 Å². The van der Waals surface area contributed by atoms with Crippen molar-refractivity contribution in [3.05, 3.63) is 0 Å². The lowest BCUT2D eigenvalue weighted by Gasteiger charge is -1.86. The van der Waals surface area contributed by atoms with Crippen LogP contribution in [0.3, 0.4) is 0 Å². The molecule has 0 aliphatic carbocycles. The van der Waals surface area contributed by atoms with Crippen LogP contribution in [0.1, 0.15) is 0 Å². The molecule has 1 rings (SSSR count). The Labute approximate surface area is 44.3 Å². The summed E-state index contributed by atoms with van der Waals surface area (Å²) in [6, 6.07) is 0. The zero-order chi connectivity index (χ0) is 5.98. The molecular formula is C2H3N5O. The van der Waals surface area contributed by atoms with E-state index in [-0.39, 0.29) is 11.7 Å². The fraction of sp³-hybridized carbons (Fsp3) is 0. The van der Waals surface area contributed by atoms with Crippen LogP contribution in [-0.4, -0.2) is 25.7 Å². The third-order valence-corrected chi connectivity index (χ3v) is 0.561. The highest BCUT2D eigenvalue weighted by Crippen LogP contribution is 2.05. The maximum absolute atomic E-state index is 8.52. The average Bonchev–Trinajstić information content (AvgIpc) is 1.77. The maximum atomic E-state index is 8.52. The number of rotatable bonds is 0. The van der Waals surface area contributed by atoms with Crippen LogP contribution in [0.15, 0.2) is 0 Å². The van der Waals surface area contributed by atoms with Crippen molar-refractivity contribution in [3.63, 3.8) is 0 Å². The summed E-state index contributed by atoms with van der Waals surface area (Å²) in [5, 5.41) is 20.8. The fourth-order valence-corrected chi connectivity index (χ4v) is 0.226. The Hall–Kier alpha value is -1.46. The number of hydrogen-bond acceptors (Lipinski definition) is 6. The number of nitrogen functional groups attached to an aromatic ring is 1. The minimum Gasteiger partial charge on any atom is -0.490 e. The van der Waals surface area contributed by atoms with E-state index in [0.717, 1.165) is 0 Å². The number of nitrogens with zero attached hydrogens (tertiary/aromatic N) is 4. The topological polar surface area (TPSA) is 97.8 Å². The number of aromatic nitrogens is 4. The standard InChI is InChI=1S/C2H3N5O/c3-1-2(8)5-7-6-4-1/h(H2,3,4,7)(H,5,6,8). The van der Waals surface area contributed by atoms with E-state index in [2.05, 4.69) is 20.6 Å². The molecule has 1 aromatic heterocycles. The van der Waals surface area contributed by atoms with Crippen LogP contribution in [0.2, 0.25) is 0 Å². The Morgan fingerprint density at radius 2 is 1.88 bits per heavy atom. The van der Waals surface area contributed by atoms with Gasteiger partial charge in [0.2, 0.25) is 5.82 Å². The van der Waals surface area contributed by atoms with Crippen molar-refractivity contribution in [3.8, 4) is 5.88 Å². The van der Waals surface area contributed by atoms with Gasteiger partial charge in [-0.15, -0.1) is 5.10 Å². The zero-order valence-electron chi connectivity index (χ0n) is 3.81. The van der Waals surface area contributed by atoms with Crippen LogP contribution in [0, 0.1) is 0 Å². The molecule has 0 radical (unpaired) electrons. The molecule has 0 bridgehead atoms. The molecule has 6 heteroatoms. The second kappa shape index (κ2) is 1.57. The normalized spacial score (nSPS) is 9.00. The van der Waals surface area contributed by atoms with Crippen LogP contribution in [0.5, 0.6) is 5.88 Å². The molecule has 0 aliphatic heterocycles. The molecule has 3 N–H and O–H groups in total. The summed E-state index contributed by atoms with van der Waals surface area (Å²) >= 11 is 0. The van der Waals surface area contributed by atoms with Gasteiger partial charge in [0.25, 0.3) is 5.88 Å². The van der Waals surface area contributed by atoms with Crippen molar-refractivity contribution >= 4 is 5.82 Å². The molecule has 1 aromatic rings. The van der Waals surface area contributed by atoms with E-state index in [4.69, 9.17) is 10.8 Å². The van der Waals surface area contributed by atoms with Crippen LogP contribution < -0.4 is 5.73 Å². The third kappa shape index (κ3) is 0.625. The lowest BCUT2D eigenvalue weighted by molar-refractivity contribution is 0.436. The van der Waals surface area contributed by atoms with Crippen molar-refractivity contribution in [1.29, 1.82) is 0 Å². The smallest absolute Gasteiger partial charge is 0.277 e. The molecule has 0 amide bonds. The van der Waals surface area contributed by atoms with Gasteiger partial charge in [-0.1, -0.05) is 5.10 Å². The summed E-state index contributed by atoms with van der Waals surface area (Å²) in [5.41, 5.74) is 4.99. The molecule has 0 aliphatic rings. The molecule has 42 valence electrons. The number of anilines is 1. The van der Waals surface area contributed by atoms with E-state index in [1.165, 1.54) is 0 Å². The van der Waals surface area contributed by atoms with Gasteiger partial charge < -0.3 is 10.8 Å². The lowest BCUT2D eigenvalue weighted by atomic mass is 10.7. The highest BCUT2D eigenvalue weighted by atomic mass is 16.3. The molecule has 0 unspecified atom stereocenters. The first-order chi connectivity index (χ1) is 3.80. The van der Waals surface area contributed by atoms with E-state index < -0.39 is 0 Å². The van der Waals surface area contributed by atoms with Gasteiger partial charge in [-0.3, -0.25) is 0 Å². The largest absolute Gasteiger partial charge is 0.490 e. The minimum absolute atomic E-state index is 0.111. The summed E-state index contributed by atoms with van der Waals surface area (Å²) < 4.78 is 0. The van der Waals surface area contributed by atoms with Gasteiger partial charge in [0.1, 0.15) is 0 Å². The predicted molar refractivity (Wildman–Crippen MR) is 23.7 cm³/mol. The minimum atomic E-state index is -0.389. The summed E-state index contributed by atoms with van der Waals surface area (Å²) in [7, 11) is 0. The van der Waals surface area contributed by atoms with Crippen molar-refractivity contribution in [2.75, 3.05) is 5.73 Å². The highest BCUT2D eigenvalue weighted by molar-refractivity contribution is 5.34. The Morgan fingerprint density at radius 1 is 1.25 bits per heavy atom. The van der Waals surface area contributed by atoms with Crippen molar-refractivity contribution in [2.24, 2.45) is 0 Å². The van der Waals surface area contributed by atoms with E-state index in [9.17, 15) is 0 Å². The van der Waals surface area contributed by atoms with E-state index >= 15 is 0 Å². The second-order valence-corrected chi connectivity index (χ2v) is 1.09. The Kier molecular flexibility index (Phi) is 0.918. The summed E-state index contributed by atoms with van der Waals surface area (Å²) in [5.74, 6) is -0.500. The van der Waals surface area contributed by atoms with Crippen molar-refractivity contribution < 1.29 is 5.11 Å². The van der Waals surface area contributed by atoms with Gasteiger partial charge in [-0.25, -0.2) is 0 Å². The summed E-state index contributed by atoms with van der Waals surface area (Å²) in [6.07, 6.45) is 0. The molecule has 0 saturated heterocycles. The molecule has 0 saturated carbocycles. The summed E-state index contributed by atoms with van der Waals surface area (Å²) in [6.45, 7) is 0. The maximum Gasteiger partial charge on any atom is 0.277 e. The first-order valence-electron chi connectivity index (χ1n) is 1.81. The molecule has 0 aromatic carbocycles. The van der Waals surface area contributed by atoms with Gasteiger partial charge >= 0.3 is 0 Å². The van der Waals surface area contributed by atoms with Gasteiger partial charge in [0.15, 0.2) is 0 Å².